The first kappa shape index (κ1) is 17.3. The van der Waals surface area contributed by atoms with E-state index in [4.69, 9.17) is 4.74 Å². The molecule has 1 amide bonds. The summed E-state index contributed by atoms with van der Waals surface area (Å²) < 4.78 is 7.88. The van der Waals surface area contributed by atoms with Crippen LogP contribution in [0.15, 0.2) is 36.7 Å². The van der Waals surface area contributed by atoms with Crippen LogP contribution in [-0.2, 0) is 20.9 Å². The summed E-state index contributed by atoms with van der Waals surface area (Å²) in [6.07, 6.45) is 1.28. The number of hydrogen-bond acceptors (Lipinski definition) is 7. The van der Waals surface area contributed by atoms with E-state index in [0.29, 0.717) is 11.4 Å². The third-order valence-electron chi connectivity index (χ3n) is 3.60. The van der Waals surface area contributed by atoms with Gasteiger partial charge in [-0.25, -0.2) is 9.36 Å². The number of nitrogens with zero attached hydrogens (tertiary/aromatic N) is 6. The number of ether oxygens (including phenoxy) is 1. The van der Waals surface area contributed by atoms with Crippen LogP contribution in [0.5, 0.6) is 0 Å². The van der Waals surface area contributed by atoms with Crippen LogP contribution in [0.3, 0.4) is 0 Å². The Kier molecular flexibility index (Phi) is 5.02. The number of para-hydroxylation sites is 1. The van der Waals surface area contributed by atoms with E-state index in [-0.39, 0.29) is 6.54 Å². The summed E-state index contributed by atoms with van der Waals surface area (Å²) in [6, 6.07) is 9.58. The smallest absolute Gasteiger partial charge is 0.328 e. The molecule has 26 heavy (non-hydrogen) atoms. The average molecular weight is 355 g/mol. The molecule has 1 N–H and O–H groups in total. The van der Waals surface area contributed by atoms with Crippen LogP contribution in [0.1, 0.15) is 11.4 Å². The minimum atomic E-state index is -0.610. The number of anilines is 1. The molecule has 0 radical (unpaired) electrons. The second-order valence-corrected chi connectivity index (χ2v) is 5.51. The highest BCUT2D eigenvalue weighted by atomic mass is 16.5. The Morgan fingerprint density at radius 2 is 1.96 bits per heavy atom. The number of aryl methyl sites for hydroxylation is 1. The van der Waals surface area contributed by atoms with Crippen molar-refractivity contribution in [2.75, 3.05) is 11.9 Å². The molecule has 0 aliphatic heterocycles. The molecule has 0 saturated heterocycles. The Morgan fingerprint density at radius 3 is 2.65 bits per heavy atom. The fourth-order valence-corrected chi connectivity index (χ4v) is 2.40. The van der Waals surface area contributed by atoms with Crippen LogP contribution in [0.2, 0.25) is 0 Å². The molecule has 2 heterocycles. The van der Waals surface area contributed by atoms with Crippen LogP contribution in [0, 0.1) is 13.8 Å². The number of rotatable bonds is 6. The van der Waals surface area contributed by atoms with Crippen molar-refractivity contribution < 1.29 is 14.3 Å². The maximum absolute atomic E-state index is 12.1. The monoisotopic (exact) mass is 355 g/mol. The van der Waals surface area contributed by atoms with E-state index >= 15 is 0 Å². The maximum atomic E-state index is 12.1. The molecule has 0 spiro atoms. The normalized spacial score (nSPS) is 10.5. The van der Waals surface area contributed by atoms with Crippen molar-refractivity contribution in [3.63, 3.8) is 0 Å². The highest BCUT2D eigenvalue weighted by Gasteiger charge is 2.16. The number of esters is 1. The van der Waals surface area contributed by atoms with E-state index in [1.54, 1.807) is 11.6 Å². The van der Waals surface area contributed by atoms with Crippen LogP contribution in [0.4, 0.5) is 5.69 Å². The van der Waals surface area contributed by atoms with Gasteiger partial charge in [0.05, 0.1) is 22.8 Å². The quantitative estimate of drug-likeness (QED) is 0.645. The Hall–Kier alpha value is -3.56. The van der Waals surface area contributed by atoms with Gasteiger partial charge >= 0.3 is 5.97 Å². The zero-order valence-corrected chi connectivity index (χ0v) is 14.3. The molecule has 3 rings (SSSR count). The predicted molar refractivity (Wildman–Crippen MR) is 90.4 cm³/mol. The van der Waals surface area contributed by atoms with Crippen molar-refractivity contribution >= 4 is 17.6 Å². The molecule has 2 aromatic heterocycles. The van der Waals surface area contributed by atoms with Gasteiger partial charge in [0, 0.05) is 0 Å². The van der Waals surface area contributed by atoms with Crippen molar-refractivity contribution in [3.8, 4) is 5.69 Å². The van der Waals surface area contributed by atoms with Crippen LogP contribution >= 0.6 is 0 Å². The number of carbonyl (C=O) groups excluding carboxylic acids is 2. The molecular formula is C16H17N7O3. The fourth-order valence-electron chi connectivity index (χ4n) is 2.40. The number of nitrogens with one attached hydrogen (secondary N) is 1. The lowest BCUT2D eigenvalue weighted by molar-refractivity contribution is -0.148. The van der Waals surface area contributed by atoms with Gasteiger partial charge in [-0.3, -0.25) is 9.59 Å². The number of amides is 1. The highest BCUT2D eigenvalue weighted by Crippen LogP contribution is 2.22. The third-order valence-corrected chi connectivity index (χ3v) is 3.60. The van der Waals surface area contributed by atoms with Crippen molar-refractivity contribution in [1.82, 2.24) is 30.0 Å². The van der Waals surface area contributed by atoms with E-state index in [9.17, 15) is 9.59 Å². The molecule has 0 fully saturated rings. The summed E-state index contributed by atoms with van der Waals surface area (Å²) in [4.78, 5) is 23.8. The molecule has 0 saturated carbocycles. The fraction of sp³-hybridized carbons (Fsp3) is 0.250. The lowest BCUT2D eigenvalue weighted by Gasteiger charge is -2.08. The standard InChI is InChI=1S/C16H17N7O3/c1-11-16(12(2)23(19-11)13-6-4-3-5-7-13)18-14(24)9-26-15(25)8-22-10-17-20-21-22/h3-7,10H,8-9H2,1-2H3,(H,18,24). The minimum absolute atomic E-state index is 0.162. The van der Waals surface area contributed by atoms with Crippen LogP contribution in [0.25, 0.3) is 5.69 Å². The van der Waals surface area contributed by atoms with Gasteiger partial charge in [0.25, 0.3) is 5.91 Å². The summed E-state index contributed by atoms with van der Waals surface area (Å²) in [5.74, 6) is -1.06. The SMILES string of the molecule is Cc1nn(-c2ccccc2)c(C)c1NC(=O)COC(=O)Cn1cnnn1. The Morgan fingerprint density at radius 1 is 1.19 bits per heavy atom. The number of tetrazole rings is 1. The van der Waals surface area contributed by atoms with Crippen molar-refractivity contribution in [3.05, 3.63) is 48.0 Å². The molecular weight excluding hydrogens is 338 g/mol. The zero-order chi connectivity index (χ0) is 18.5. The molecule has 1 aromatic carbocycles. The average Bonchev–Trinajstić information content (AvgIpc) is 3.24. The number of carbonyl (C=O) groups is 2. The van der Waals surface area contributed by atoms with Crippen LogP contribution in [-0.4, -0.2) is 48.5 Å². The van der Waals surface area contributed by atoms with Gasteiger partial charge in [-0.2, -0.15) is 5.10 Å². The van der Waals surface area contributed by atoms with Gasteiger partial charge in [-0.1, -0.05) is 18.2 Å². The van der Waals surface area contributed by atoms with Gasteiger partial charge in [0.1, 0.15) is 12.9 Å². The summed E-state index contributed by atoms with van der Waals surface area (Å²) in [5.41, 5.74) is 2.93. The number of benzene rings is 1. The van der Waals surface area contributed by atoms with Gasteiger partial charge in [-0.05, 0) is 36.4 Å². The molecule has 0 bridgehead atoms. The number of hydrogen-bond donors (Lipinski definition) is 1. The predicted octanol–water partition coefficient (Wildman–Crippen LogP) is 0.658. The Bertz CT molecular complexity index is 904. The van der Waals surface area contributed by atoms with E-state index < -0.39 is 18.5 Å². The lowest BCUT2D eigenvalue weighted by Crippen LogP contribution is -2.23. The highest BCUT2D eigenvalue weighted by molar-refractivity contribution is 5.93. The first-order chi connectivity index (χ1) is 12.5. The van der Waals surface area contributed by atoms with Crippen LogP contribution < -0.4 is 5.32 Å². The molecule has 10 nitrogen and oxygen atoms in total. The molecule has 3 aromatic rings. The molecule has 134 valence electrons. The second-order valence-electron chi connectivity index (χ2n) is 5.51. The Labute approximate surface area is 148 Å². The maximum Gasteiger partial charge on any atom is 0.328 e. The topological polar surface area (TPSA) is 117 Å². The lowest BCUT2D eigenvalue weighted by atomic mass is 10.3. The van der Waals surface area contributed by atoms with Crippen molar-refractivity contribution in [2.24, 2.45) is 0 Å². The second kappa shape index (κ2) is 7.55. The summed E-state index contributed by atoms with van der Waals surface area (Å²) in [5, 5.41) is 17.6. The third kappa shape index (κ3) is 3.91. The first-order valence-corrected chi connectivity index (χ1v) is 7.82. The van der Waals surface area contributed by atoms with E-state index in [2.05, 4.69) is 25.9 Å². The molecule has 0 aliphatic carbocycles. The largest absolute Gasteiger partial charge is 0.454 e. The molecule has 0 aliphatic rings. The summed E-state index contributed by atoms with van der Waals surface area (Å²) >= 11 is 0. The first-order valence-electron chi connectivity index (χ1n) is 7.82. The summed E-state index contributed by atoms with van der Waals surface area (Å²) in [6.45, 7) is 3.08. The Balaban J connectivity index is 1.61. The van der Waals surface area contributed by atoms with E-state index in [1.165, 1.54) is 11.0 Å². The van der Waals surface area contributed by atoms with Gasteiger partial charge in [-0.15, -0.1) is 5.10 Å². The van der Waals surface area contributed by atoms with Crippen molar-refractivity contribution in [1.29, 1.82) is 0 Å². The van der Waals surface area contributed by atoms with Gasteiger partial charge in [0.2, 0.25) is 0 Å². The molecule has 0 unspecified atom stereocenters. The van der Waals surface area contributed by atoms with Gasteiger partial charge in [0.15, 0.2) is 6.61 Å². The van der Waals surface area contributed by atoms with E-state index in [1.807, 2.05) is 37.3 Å². The van der Waals surface area contributed by atoms with E-state index in [0.717, 1.165) is 11.4 Å². The van der Waals surface area contributed by atoms with Gasteiger partial charge < -0.3 is 10.1 Å². The molecule has 0 atom stereocenters. The minimum Gasteiger partial charge on any atom is -0.454 e. The molecule has 10 heteroatoms. The zero-order valence-electron chi connectivity index (χ0n) is 14.3. The summed E-state index contributed by atoms with van der Waals surface area (Å²) in [7, 11) is 0. The van der Waals surface area contributed by atoms with Crippen molar-refractivity contribution in [2.45, 2.75) is 20.4 Å². The number of aromatic nitrogens is 6.